The number of carbonyl (C=O) groups excluding carboxylic acids is 1. The molecule has 0 saturated heterocycles. The zero-order valence-corrected chi connectivity index (χ0v) is 21.5. The third kappa shape index (κ3) is 3.79. The fourth-order valence-electron chi connectivity index (χ4n) is 9.02. The number of amides is 1. The molecule has 9 atom stereocenters. The number of hydrogen-bond acceptors (Lipinski definition) is 3. The monoisotopic (exact) mass is 455 g/mol. The third-order valence-electron chi connectivity index (χ3n) is 10.8. The lowest BCUT2D eigenvalue weighted by Crippen LogP contribution is -2.50. The van der Waals surface area contributed by atoms with Crippen LogP contribution >= 0.6 is 0 Å². The number of rotatable bonds is 5. The minimum atomic E-state index is -0.124. The Bertz CT molecular complexity index is 861. The molecule has 3 saturated carbocycles. The first-order valence-corrected chi connectivity index (χ1v) is 13.6. The van der Waals surface area contributed by atoms with Gasteiger partial charge in [-0.25, -0.2) is 0 Å². The lowest BCUT2D eigenvalue weighted by Gasteiger charge is -2.57. The van der Waals surface area contributed by atoms with E-state index in [1.165, 1.54) is 37.0 Å². The molecule has 0 unspecified atom stereocenters. The van der Waals surface area contributed by atoms with Crippen molar-refractivity contribution in [2.24, 2.45) is 40.4 Å². The summed E-state index contributed by atoms with van der Waals surface area (Å²) in [5, 5.41) is 13.2. The van der Waals surface area contributed by atoms with Gasteiger partial charge in [0.2, 0.25) is 5.91 Å². The summed E-state index contributed by atoms with van der Waals surface area (Å²) < 4.78 is 6.70. The van der Waals surface area contributed by atoms with Gasteiger partial charge in [-0.1, -0.05) is 32.4 Å². The van der Waals surface area contributed by atoms with Gasteiger partial charge in [0.1, 0.15) is 6.10 Å². The molecule has 4 heteroatoms. The second-order valence-corrected chi connectivity index (χ2v) is 12.8. The molecule has 0 aromatic carbocycles. The lowest BCUT2D eigenvalue weighted by molar-refractivity contribution is -0.119. The normalized spacial score (nSPS) is 44.7. The Morgan fingerprint density at radius 2 is 2.06 bits per heavy atom. The number of carbonyl (C=O) groups is 1. The van der Waals surface area contributed by atoms with E-state index in [9.17, 15) is 9.90 Å². The highest BCUT2D eigenvalue weighted by Gasteiger charge is 2.63. The van der Waals surface area contributed by atoms with Gasteiger partial charge in [0.25, 0.3) is 0 Å². The Hall–Kier alpha value is -1.29. The highest BCUT2D eigenvalue weighted by molar-refractivity contribution is 5.72. The molecule has 1 heterocycles. The molecule has 5 rings (SSSR count). The average Bonchev–Trinajstić information content (AvgIpc) is 3.24. The van der Waals surface area contributed by atoms with Crippen LogP contribution in [-0.4, -0.2) is 29.8 Å². The molecule has 33 heavy (non-hydrogen) atoms. The van der Waals surface area contributed by atoms with Crippen molar-refractivity contribution in [1.82, 2.24) is 5.32 Å². The van der Waals surface area contributed by atoms with Gasteiger partial charge in [-0.3, -0.25) is 4.79 Å². The van der Waals surface area contributed by atoms with Crippen molar-refractivity contribution in [2.45, 2.75) is 105 Å². The molecule has 4 aliphatic carbocycles. The van der Waals surface area contributed by atoms with Crippen molar-refractivity contribution in [3.63, 3.8) is 0 Å². The predicted molar refractivity (Wildman–Crippen MR) is 131 cm³/mol. The van der Waals surface area contributed by atoms with E-state index in [4.69, 9.17) is 4.74 Å². The molecule has 2 N–H and O–H groups in total. The van der Waals surface area contributed by atoms with Gasteiger partial charge in [-0.05, 0) is 98.4 Å². The maximum absolute atomic E-state index is 11.2. The molecular formula is C29H45NO3. The minimum Gasteiger partial charge on any atom is -0.494 e. The van der Waals surface area contributed by atoms with Crippen molar-refractivity contribution in [2.75, 3.05) is 6.54 Å². The molecular weight excluding hydrogens is 410 g/mol. The zero-order chi connectivity index (χ0) is 23.5. The second-order valence-electron chi connectivity index (χ2n) is 12.8. The fraction of sp³-hybridized carbons (Fsp3) is 0.828. The van der Waals surface area contributed by atoms with E-state index in [1.807, 2.05) is 0 Å². The van der Waals surface area contributed by atoms with Crippen molar-refractivity contribution >= 4 is 5.91 Å². The summed E-state index contributed by atoms with van der Waals surface area (Å²) in [5.41, 5.74) is 3.75. The number of fused-ring (bicyclic) bond motifs is 7. The van der Waals surface area contributed by atoms with Crippen molar-refractivity contribution < 1.29 is 14.6 Å². The Morgan fingerprint density at radius 3 is 2.82 bits per heavy atom. The molecule has 1 amide bonds. The summed E-state index contributed by atoms with van der Waals surface area (Å²) >= 11 is 0. The SMILES string of the molecule is CC(=O)NC[C@H](C)CCC1=C(C)[C@@H]2[C@H](C[C@@H]3[C@@H]4CC=C5C[C@@H](O)CC[C@]5(C)[C@H]4CC[C@@]32C)O1. The van der Waals surface area contributed by atoms with Gasteiger partial charge < -0.3 is 15.2 Å². The fourth-order valence-corrected chi connectivity index (χ4v) is 9.02. The smallest absolute Gasteiger partial charge is 0.216 e. The maximum Gasteiger partial charge on any atom is 0.216 e. The number of aliphatic hydroxyl groups excluding tert-OH is 1. The molecule has 3 fully saturated rings. The van der Waals surface area contributed by atoms with Crippen LogP contribution in [0.15, 0.2) is 23.0 Å². The molecule has 0 radical (unpaired) electrons. The molecule has 5 aliphatic rings. The Balaban J connectivity index is 1.30. The molecule has 0 aromatic rings. The lowest BCUT2D eigenvalue weighted by atomic mass is 9.47. The van der Waals surface area contributed by atoms with Gasteiger partial charge in [0, 0.05) is 25.8 Å². The summed E-state index contributed by atoms with van der Waals surface area (Å²) in [6.07, 6.45) is 13.0. The first kappa shape index (κ1) is 23.5. The van der Waals surface area contributed by atoms with Crippen LogP contribution in [0.3, 0.4) is 0 Å². The Labute approximate surface area is 200 Å². The number of nitrogens with one attached hydrogen (secondary N) is 1. The van der Waals surface area contributed by atoms with E-state index in [0.29, 0.717) is 28.8 Å². The van der Waals surface area contributed by atoms with Crippen LogP contribution in [0.2, 0.25) is 0 Å². The van der Waals surface area contributed by atoms with Gasteiger partial charge in [-0.2, -0.15) is 0 Å². The topological polar surface area (TPSA) is 58.6 Å². The van der Waals surface area contributed by atoms with Crippen LogP contribution < -0.4 is 5.32 Å². The van der Waals surface area contributed by atoms with E-state index in [2.05, 4.69) is 39.1 Å². The number of ether oxygens (including phenoxy) is 1. The molecule has 0 bridgehead atoms. The van der Waals surface area contributed by atoms with Gasteiger partial charge in [0.15, 0.2) is 0 Å². The standard InChI is InChI=1S/C29H45NO3/c1-17(16-30-19(3)31)6-9-25-18(2)27-26(33-25)15-24-22-8-7-20-14-21(32)10-12-28(20,4)23(22)11-13-29(24,27)5/h7,17,21-24,26-27,32H,6,8-16H2,1-5H3,(H,30,31)/t17-,21+,22-,23+,24-,26+,27-,28+,29+/m1/s1. The van der Waals surface area contributed by atoms with Gasteiger partial charge >= 0.3 is 0 Å². The van der Waals surface area contributed by atoms with Crippen molar-refractivity contribution in [3.8, 4) is 0 Å². The quantitative estimate of drug-likeness (QED) is 0.518. The highest BCUT2D eigenvalue weighted by atomic mass is 16.5. The van der Waals surface area contributed by atoms with Gasteiger partial charge in [-0.15, -0.1) is 0 Å². The largest absolute Gasteiger partial charge is 0.494 e. The molecule has 0 aromatic heterocycles. The summed E-state index contributed by atoms with van der Waals surface area (Å²) in [7, 11) is 0. The first-order chi connectivity index (χ1) is 15.6. The first-order valence-electron chi connectivity index (χ1n) is 13.6. The zero-order valence-electron chi connectivity index (χ0n) is 21.5. The Kier molecular flexibility index (Phi) is 5.99. The summed E-state index contributed by atoms with van der Waals surface area (Å²) in [4.78, 5) is 11.2. The highest BCUT2D eigenvalue weighted by Crippen LogP contribution is 2.68. The van der Waals surface area contributed by atoms with E-state index in [0.717, 1.165) is 56.4 Å². The van der Waals surface area contributed by atoms with Crippen LogP contribution in [0.4, 0.5) is 0 Å². The summed E-state index contributed by atoms with van der Waals surface area (Å²) in [6, 6.07) is 0. The second kappa shape index (κ2) is 8.43. The molecule has 184 valence electrons. The molecule has 0 spiro atoms. The van der Waals surface area contributed by atoms with Crippen molar-refractivity contribution in [3.05, 3.63) is 23.0 Å². The summed E-state index contributed by atoms with van der Waals surface area (Å²) in [6.45, 7) is 12.0. The van der Waals surface area contributed by atoms with Gasteiger partial charge in [0.05, 0.1) is 11.9 Å². The summed E-state index contributed by atoms with van der Waals surface area (Å²) in [5.74, 6) is 4.66. The number of hydrogen-bond donors (Lipinski definition) is 2. The Morgan fingerprint density at radius 1 is 1.27 bits per heavy atom. The average molecular weight is 456 g/mol. The molecule has 4 nitrogen and oxygen atoms in total. The van der Waals surface area contributed by atoms with Crippen LogP contribution in [-0.2, 0) is 9.53 Å². The van der Waals surface area contributed by atoms with E-state index in [1.54, 1.807) is 12.5 Å². The van der Waals surface area contributed by atoms with Crippen LogP contribution in [0, 0.1) is 40.4 Å². The number of allylic oxidation sites excluding steroid dienone is 2. The van der Waals surface area contributed by atoms with Crippen molar-refractivity contribution in [1.29, 1.82) is 0 Å². The predicted octanol–water partition coefficient (Wildman–Crippen LogP) is 5.76. The maximum atomic E-state index is 11.2. The van der Waals surface area contributed by atoms with Crippen LogP contribution in [0.25, 0.3) is 0 Å². The number of aliphatic hydroxyl groups is 1. The van der Waals surface area contributed by atoms with E-state index >= 15 is 0 Å². The van der Waals surface area contributed by atoms with E-state index < -0.39 is 0 Å². The van der Waals surface area contributed by atoms with Crippen LogP contribution in [0.5, 0.6) is 0 Å². The third-order valence-corrected chi connectivity index (χ3v) is 10.8. The molecule has 1 aliphatic heterocycles. The van der Waals surface area contributed by atoms with Crippen LogP contribution in [0.1, 0.15) is 92.4 Å². The van der Waals surface area contributed by atoms with E-state index in [-0.39, 0.29) is 12.0 Å². The minimum absolute atomic E-state index is 0.0569.